The van der Waals surface area contributed by atoms with E-state index in [-0.39, 0.29) is 11.9 Å². The van der Waals surface area contributed by atoms with E-state index in [1.807, 2.05) is 10.5 Å². The number of nitrogens with one attached hydrogen (secondary N) is 2. The van der Waals surface area contributed by atoms with Crippen molar-refractivity contribution in [2.45, 2.75) is 64.2 Å². The largest absolute Gasteiger partial charge is 0.381 e. The molecule has 0 radical (unpaired) electrons. The molecule has 8 nitrogen and oxygen atoms in total. The fraction of sp³-hybridized carbons (Fsp3) is 0.353. The highest BCUT2D eigenvalue weighted by atomic mass is 19.1. The molecule has 5 heterocycles. The normalized spacial score (nSPS) is 17.7. The Hall–Kier alpha value is -4.23. The first-order valence-electron chi connectivity index (χ1n) is 14.9. The van der Waals surface area contributed by atoms with E-state index in [1.54, 1.807) is 12.4 Å². The minimum Gasteiger partial charge on any atom is -0.381 e. The predicted octanol–water partition coefficient (Wildman–Crippen LogP) is 5.50. The maximum absolute atomic E-state index is 13.8. The summed E-state index contributed by atoms with van der Waals surface area (Å²) in [5.74, 6) is 0.461. The highest BCUT2D eigenvalue weighted by Crippen LogP contribution is 2.39. The lowest BCUT2D eigenvalue weighted by Crippen LogP contribution is -2.38. The van der Waals surface area contributed by atoms with Crippen molar-refractivity contribution in [2.24, 2.45) is 11.5 Å². The number of terminal acetylenes is 1. The van der Waals surface area contributed by atoms with Crippen LogP contribution in [0.25, 0.3) is 22.6 Å². The zero-order chi connectivity index (χ0) is 30.7. The van der Waals surface area contributed by atoms with E-state index in [0.29, 0.717) is 12.2 Å². The molecule has 1 aromatic carbocycles. The van der Waals surface area contributed by atoms with Gasteiger partial charge in [-0.3, -0.25) is 9.30 Å². The molecule has 9 heteroatoms. The first kappa shape index (κ1) is 30.2. The Morgan fingerprint density at radius 2 is 2.02 bits per heavy atom. The number of hydrogen-bond donors (Lipinski definition) is 4. The van der Waals surface area contributed by atoms with Gasteiger partial charge in [0.15, 0.2) is 0 Å². The number of hydrogen-bond acceptors (Lipinski definition) is 7. The molecule has 224 valence electrons. The standard InChI is InChI=1S/C32H39FN8.C2H2/c1-4-12-32(35,5-2)25-7-9-29(39-27(25)19-40-13-11-22(34)18-40)38-26-8-6-23(24-16-36-20(3)31(24)26)28-17-37-30-15-21(33)10-14-41(28)30;1-2/h6-10,14-15,17,22,36H,3-5,11-13,16,18-19,34-35H2,1-2H3,(H,38,39);1-2H. The molecule has 43 heavy (non-hydrogen) atoms. The van der Waals surface area contributed by atoms with Crippen LogP contribution >= 0.6 is 0 Å². The van der Waals surface area contributed by atoms with Gasteiger partial charge in [-0.15, -0.1) is 12.8 Å². The number of benzene rings is 1. The van der Waals surface area contributed by atoms with Crippen molar-refractivity contribution in [3.05, 3.63) is 83.6 Å². The maximum atomic E-state index is 13.8. The number of likely N-dealkylation sites (tertiary alicyclic amines) is 1. The third kappa shape index (κ3) is 5.87. The van der Waals surface area contributed by atoms with Crippen LogP contribution in [-0.4, -0.2) is 38.4 Å². The number of anilines is 2. The Morgan fingerprint density at radius 1 is 1.21 bits per heavy atom. The van der Waals surface area contributed by atoms with Gasteiger partial charge in [-0.1, -0.05) is 39.0 Å². The predicted molar refractivity (Wildman–Crippen MR) is 173 cm³/mol. The van der Waals surface area contributed by atoms with Gasteiger partial charge in [0.2, 0.25) is 0 Å². The van der Waals surface area contributed by atoms with Crippen molar-refractivity contribution in [1.82, 2.24) is 24.6 Å². The molecule has 3 aromatic heterocycles. The third-order valence-corrected chi connectivity index (χ3v) is 8.63. The Morgan fingerprint density at radius 3 is 2.74 bits per heavy atom. The maximum Gasteiger partial charge on any atom is 0.140 e. The second-order valence-corrected chi connectivity index (χ2v) is 11.4. The number of nitrogens with two attached hydrogens (primary N) is 2. The number of halogens is 1. The summed E-state index contributed by atoms with van der Waals surface area (Å²) in [6.45, 7) is 11.8. The van der Waals surface area contributed by atoms with Gasteiger partial charge in [0, 0.05) is 72.5 Å². The Balaban J connectivity index is 0.00000180. The second-order valence-electron chi connectivity index (χ2n) is 11.4. The monoisotopic (exact) mass is 580 g/mol. The molecule has 0 saturated carbocycles. The fourth-order valence-corrected chi connectivity index (χ4v) is 6.41. The lowest BCUT2D eigenvalue weighted by atomic mass is 9.83. The number of rotatable bonds is 9. The summed E-state index contributed by atoms with van der Waals surface area (Å²) in [7, 11) is 0. The van der Waals surface area contributed by atoms with Gasteiger partial charge in [-0.05, 0) is 48.6 Å². The van der Waals surface area contributed by atoms with Crippen molar-refractivity contribution < 1.29 is 4.39 Å². The van der Waals surface area contributed by atoms with Gasteiger partial charge in [0.25, 0.3) is 0 Å². The molecule has 0 spiro atoms. The molecule has 1 fully saturated rings. The molecule has 6 N–H and O–H groups in total. The topological polar surface area (TPSA) is 110 Å². The van der Waals surface area contributed by atoms with E-state index in [4.69, 9.17) is 16.5 Å². The summed E-state index contributed by atoms with van der Waals surface area (Å²) >= 11 is 0. The van der Waals surface area contributed by atoms with Gasteiger partial charge in [-0.25, -0.2) is 14.4 Å². The number of fused-ring (bicyclic) bond motifs is 2. The van der Waals surface area contributed by atoms with Crippen LogP contribution in [-0.2, 0) is 18.6 Å². The van der Waals surface area contributed by atoms with Crippen LogP contribution < -0.4 is 22.1 Å². The lowest BCUT2D eigenvalue weighted by molar-refractivity contribution is 0.313. The fourth-order valence-electron chi connectivity index (χ4n) is 6.41. The Bertz CT molecular complexity index is 1660. The molecule has 1 saturated heterocycles. The number of pyridine rings is 2. The van der Waals surface area contributed by atoms with E-state index in [9.17, 15) is 4.39 Å². The van der Waals surface area contributed by atoms with Gasteiger partial charge in [0.1, 0.15) is 17.3 Å². The molecular weight excluding hydrogens is 539 g/mol. The molecule has 4 aromatic rings. The summed E-state index contributed by atoms with van der Waals surface area (Å²) in [5, 5.41) is 6.99. The first-order chi connectivity index (χ1) is 20.8. The Labute approximate surface area is 253 Å². The summed E-state index contributed by atoms with van der Waals surface area (Å²) in [4.78, 5) is 12.0. The first-order valence-corrected chi connectivity index (χ1v) is 14.9. The molecule has 2 aliphatic heterocycles. The zero-order valence-corrected chi connectivity index (χ0v) is 25.0. The van der Waals surface area contributed by atoms with Crippen molar-refractivity contribution in [2.75, 3.05) is 18.4 Å². The SMILES string of the molecule is C#C.C=C1NCc2c(-c3cnc4cc(F)ccn34)ccc(Nc3ccc(C(N)(CC)CCC)c(CN4CCC(N)C4)n3)c21. The van der Waals surface area contributed by atoms with Crippen LogP contribution in [0.3, 0.4) is 0 Å². The molecule has 6 rings (SSSR count). The number of aromatic nitrogens is 3. The average molecular weight is 581 g/mol. The van der Waals surface area contributed by atoms with E-state index in [2.05, 4.69) is 72.0 Å². The van der Waals surface area contributed by atoms with Crippen molar-refractivity contribution in [3.8, 4) is 24.1 Å². The second kappa shape index (κ2) is 12.6. The van der Waals surface area contributed by atoms with Crippen LogP contribution in [0.15, 0.2) is 55.4 Å². The minimum absolute atomic E-state index is 0.204. The Kier molecular flexibility index (Phi) is 8.83. The summed E-state index contributed by atoms with van der Waals surface area (Å²) in [5.41, 5.74) is 21.3. The third-order valence-electron chi connectivity index (χ3n) is 8.63. The van der Waals surface area contributed by atoms with Gasteiger partial charge >= 0.3 is 0 Å². The van der Waals surface area contributed by atoms with Crippen molar-refractivity contribution in [1.29, 1.82) is 0 Å². The van der Waals surface area contributed by atoms with Gasteiger partial charge in [-0.2, -0.15) is 0 Å². The lowest BCUT2D eigenvalue weighted by Gasteiger charge is -2.31. The molecule has 2 aliphatic rings. The van der Waals surface area contributed by atoms with Crippen LogP contribution in [0.2, 0.25) is 0 Å². The summed E-state index contributed by atoms with van der Waals surface area (Å²) < 4.78 is 15.7. The zero-order valence-electron chi connectivity index (χ0n) is 25.0. The number of nitrogens with zero attached hydrogens (tertiary/aromatic N) is 4. The molecule has 2 unspecified atom stereocenters. The van der Waals surface area contributed by atoms with Crippen molar-refractivity contribution in [3.63, 3.8) is 0 Å². The van der Waals surface area contributed by atoms with E-state index in [0.717, 1.165) is 96.2 Å². The highest BCUT2D eigenvalue weighted by molar-refractivity contribution is 5.87. The molecule has 0 bridgehead atoms. The average Bonchev–Trinajstić information content (AvgIpc) is 3.73. The van der Waals surface area contributed by atoms with Crippen LogP contribution in [0, 0.1) is 18.7 Å². The molecule has 0 amide bonds. The van der Waals surface area contributed by atoms with E-state index < -0.39 is 5.54 Å². The van der Waals surface area contributed by atoms with E-state index >= 15 is 0 Å². The quantitative estimate of drug-likeness (QED) is 0.194. The van der Waals surface area contributed by atoms with Gasteiger partial charge < -0.3 is 22.1 Å². The van der Waals surface area contributed by atoms with Crippen LogP contribution in [0.1, 0.15) is 61.9 Å². The summed E-state index contributed by atoms with van der Waals surface area (Å²) in [6, 6.07) is 11.4. The molecule has 0 aliphatic carbocycles. The molecule has 2 atom stereocenters. The van der Waals surface area contributed by atoms with E-state index in [1.165, 1.54) is 12.1 Å². The molecular formula is C34H41FN8. The minimum atomic E-state index is -0.421. The highest BCUT2D eigenvalue weighted by Gasteiger charge is 2.30. The number of imidazole rings is 1. The van der Waals surface area contributed by atoms with Gasteiger partial charge in [0.05, 0.1) is 17.6 Å². The summed E-state index contributed by atoms with van der Waals surface area (Å²) in [6.07, 6.45) is 15.3. The van der Waals surface area contributed by atoms with Crippen LogP contribution in [0.5, 0.6) is 0 Å². The van der Waals surface area contributed by atoms with Crippen LogP contribution in [0.4, 0.5) is 15.9 Å². The smallest absolute Gasteiger partial charge is 0.140 e. The van der Waals surface area contributed by atoms with Crippen molar-refractivity contribution >= 4 is 22.8 Å².